The molecular formula is C16H16ClNO3. The van der Waals surface area contributed by atoms with Crippen LogP contribution in [0.5, 0.6) is 0 Å². The Morgan fingerprint density at radius 3 is 2.95 bits per heavy atom. The van der Waals surface area contributed by atoms with Crippen molar-refractivity contribution >= 4 is 17.6 Å². The van der Waals surface area contributed by atoms with Crippen LogP contribution in [-0.2, 0) is 13.0 Å². The number of rotatable bonds is 4. The molecule has 1 heterocycles. The minimum absolute atomic E-state index is 0.223. The van der Waals surface area contributed by atoms with Crippen LogP contribution in [0.4, 0.5) is 0 Å². The molecule has 0 radical (unpaired) electrons. The number of halogens is 1. The molecule has 0 spiro atoms. The zero-order chi connectivity index (χ0) is 14.8. The molecule has 1 aromatic heterocycles. The normalized spacial score (nSPS) is 17.5. The quantitative estimate of drug-likeness (QED) is 0.902. The summed E-state index contributed by atoms with van der Waals surface area (Å²) in [5.74, 6) is -0.0765. The molecule has 0 bridgehead atoms. The Balaban J connectivity index is 1.75. The van der Waals surface area contributed by atoms with Crippen LogP contribution in [0.1, 0.15) is 46.1 Å². The van der Waals surface area contributed by atoms with Crippen LogP contribution in [0.2, 0.25) is 5.22 Å². The fourth-order valence-electron chi connectivity index (χ4n) is 2.83. The summed E-state index contributed by atoms with van der Waals surface area (Å²) in [6.07, 6.45) is 3.02. The number of aryl methyl sites for hydroxylation is 1. The van der Waals surface area contributed by atoms with E-state index in [9.17, 15) is 4.79 Å². The number of aromatic carboxylic acids is 1. The van der Waals surface area contributed by atoms with E-state index in [4.69, 9.17) is 21.1 Å². The van der Waals surface area contributed by atoms with E-state index >= 15 is 0 Å². The second-order valence-electron chi connectivity index (χ2n) is 5.25. The van der Waals surface area contributed by atoms with Crippen molar-refractivity contribution in [1.29, 1.82) is 0 Å². The minimum atomic E-state index is -0.877. The third-order valence-corrected chi connectivity index (χ3v) is 4.06. The number of nitrogens with one attached hydrogen (secondary N) is 1. The molecule has 4 nitrogen and oxygen atoms in total. The number of carboxylic acids is 1. The van der Waals surface area contributed by atoms with Crippen molar-refractivity contribution in [3.63, 3.8) is 0 Å². The number of fused-ring (bicyclic) bond motifs is 1. The lowest BCUT2D eigenvalue weighted by molar-refractivity contribution is 0.0696. The minimum Gasteiger partial charge on any atom is -0.478 e. The highest BCUT2D eigenvalue weighted by Gasteiger charge is 2.21. The summed E-state index contributed by atoms with van der Waals surface area (Å²) in [4.78, 5) is 11.0. The average Bonchev–Trinajstić information content (AvgIpc) is 2.90. The summed E-state index contributed by atoms with van der Waals surface area (Å²) >= 11 is 5.76. The molecule has 0 amide bonds. The van der Waals surface area contributed by atoms with Gasteiger partial charge in [-0.1, -0.05) is 6.07 Å². The molecule has 0 fully saturated rings. The van der Waals surface area contributed by atoms with Gasteiger partial charge in [0.05, 0.1) is 12.1 Å². The van der Waals surface area contributed by atoms with Gasteiger partial charge in [0.1, 0.15) is 5.76 Å². The van der Waals surface area contributed by atoms with Crippen LogP contribution in [0.15, 0.2) is 34.7 Å². The molecule has 2 aromatic rings. The van der Waals surface area contributed by atoms with Gasteiger partial charge in [0, 0.05) is 6.04 Å². The SMILES string of the molecule is O=C(O)c1ccc2c(c1)CCCC2NCc1ccc(Cl)o1. The van der Waals surface area contributed by atoms with Crippen molar-refractivity contribution in [2.45, 2.75) is 31.8 Å². The number of furan rings is 1. The fraction of sp³-hybridized carbons (Fsp3) is 0.312. The van der Waals surface area contributed by atoms with Gasteiger partial charge >= 0.3 is 5.97 Å². The monoisotopic (exact) mass is 305 g/mol. The summed E-state index contributed by atoms with van der Waals surface area (Å²) < 4.78 is 5.34. The van der Waals surface area contributed by atoms with Crippen molar-refractivity contribution in [3.05, 3.63) is 58.0 Å². The van der Waals surface area contributed by atoms with Gasteiger partial charge in [-0.05, 0) is 66.3 Å². The van der Waals surface area contributed by atoms with Gasteiger partial charge in [-0.2, -0.15) is 0 Å². The Labute approximate surface area is 127 Å². The largest absolute Gasteiger partial charge is 0.478 e. The first-order valence-electron chi connectivity index (χ1n) is 6.97. The first-order valence-corrected chi connectivity index (χ1v) is 7.35. The molecule has 0 aliphatic heterocycles. The number of benzene rings is 1. The maximum absolute atomic E-state index is 11.0. The Morgan fingerprint density at radius 2 is 2.24 bits per heavy atom. The van der Waals surface area contributed by atoms with Crippen molar-refractivity contribution in [1.82, 2.24) is 5.32 Å². The summed E-state index contributed by atoms with van der Waals surface area (Å²) in [7, 11) is 0. The lowest BCUT2D eigenvalue weighted by atomic mass is 9.86. The third-order valence-electron chi connectivity index (χ3n) is 3.86. The van der Waals surface area contributed by atoms with E-state index in [1.807, 2.05) is 12.1 Å². The van der Waals surface area contributed by atoms with Crippen LogP contribution >= 0.6 is 11.6 Å². The van der Waals surface area contributed by atoms with Crippen LogP contribution in [0, 0.1) is 0 Å². The fourth-order valence-corrected chi connectivity index (χ4v) is 2.99. The highest BCUT2D eigenvalue weighted by molar-refractivity contribution is 6.28. The van der Waals surface area contributed by atoms with Gasteiger partial charge in [0.15, 0.2) is 5.22 Å². The molecule has 0 saturated heterocycles. The lowest BCUT2D eigenvalue weighted by Gasteiger charge is -2.26. The number of hydrogen-bond acceptors (Lipinski definition) is 3. The Hall–Kier alpha value is -1.78. The number of carboxylic acid groups (broad SMARTS) is 1. The highest BCUT2D eigenvalue weighted by Crippen LogP contribution is 2.30. The molecule has 1 unspecified atom stereocenters. The predicted octanol–water partition coefficient (Wildman–Crippen LogP) is 3.80. The van der Waals surface area contributed by atoms with Crippen molar-refractivity contribution < 1.29 is 14.3 Å². The molecule has 21 heavy (non-hydrogen) atoms. The molecule has 5 heteroatoms. The van der Waals surface area contributed by atoms with Gasteiger partial charge in [0.2, 0.25) is 0 Å². The van der Waals surface area contributed by atoms with Crippen molar-refractivity contribution in [3.8, 4) is 0 Å². The van der Waals surface area contributed by atoms with E-state index < -0.39 is 5.97 Å². The van der Waals surface area contributed by atoms with Crippen molar-refractivity contribution in [2.24, 2.45) is 0 Å². The van der Waals surface area contributed by atoms with Crippen molar-refractivity contribution in [2.75, 3.05) is 0 Å². The zero-order valence-electron chi connectivity index (χ0n) is 11.4. The van der Waals surface area contributed by atoms with E-state index in [1.54, 1.807) is 18.2 Å². The smallest absolute Gasteiger partial charge is 0.335 e. The lowest BCUT2D eigenvalue weighted by Crippen LogP contribution is -2.25. The first kappa shape index (κ1) is 14.2. The zero-order valence-corrected chi connectivity index (χ0v) is 12.2. The average molecular weight is 306 g/mol. The molecule has 0 saturated carbocycles. The third kappa shape index (κ3) is 3.12. The molecule has 110 valence electrons. The summed E-state index contributed by atoms with van der Waals surface area (Å²) in [6, 6.07) is 9.19. The van der Waals surface area contributed by atoms with Gasteiger partial charge in [0.25, 0.3) is 0 Å². The van der Waals surface area contributed by atoms with Gasteiger partial charge in [-0.15, -0.1) is 0 Å². The number of carbonyl (C=O) groups is 1. The second-order valence-corrected chi connectivity index (χ2v) is 5.62. The molecule has 1 aromatic carbocycles. The van der Waals surface area contributed by atoms with E-state index in [0.29, 0.717) is 17.3 Å². The molecular weight excluding hydrogens is 290 g/mol. The molecule has 1 aliphatic rings. The second kappa shape index (κ2) is 5.92. The first-order chi connectivity index (χ1) is 10.1. The Bertz CT molecular complexity index is 665. The molecule has 1 aliphatic carbocycles. The topological polar surface area (TPSA) is 62.5 Å². The summed E-state index contributed by atoms with van der Waals surface area (Å²) in [6.45, 7) is 0.609. The van der Waals surface area contributed by atoms with Crippen LogP contribution in [0.25, 0.3) is 0 Å². The molecule has 3 rings (SSSR count). The highest BCUT2D eigenvalue weighted by atomic mass is 35.5. The summed E-state index contributed by atoms with van der Waals surface area (Å²) in [5, 5.41) is 12.9. The number of hydrogen-bond donors (Lipinski definition) is 2. The summed E-state index contributed by atoms with van der Waals surface area (Å²) in [5.41, 5.74) is 2.66. The van der Waals surface area contributed by atoms with E-state index in [2.05, 4.69) is 5.32 Å². The maximum atomic E-state index is 11.0. The van der Waals surface area contributed by atoms with Crippen LogP contribution in [0.3, 0.4) is 0 Å². The van der Waals surface area contributed by atoms with E-state index in [-0.39, 0.29) is 6.04 Å². The standard InChI is InChI=1S/C16H16ClNO3/c17-15-7-5-12(21-15)9-18-14-3-1-2-10-8-11(16(19)20)4-6-13(10)14/h4-8,14,18H,1-3,9H2,(H,19,20). The predicted molar refractivity (Wildman–Crippen MR) is 79.6 cm³/mol. The maximum Gasteiger partial charge on any atom is 0.335 e. The van der Waals surface area contributed by atoms with Crippen LogP contribution in [-0.4, -0.2) is 11.1 Å². The van der Waals surface area contributed by atoms with E-state index in [1.165, 1.54) is 5.56 Å². The van der Waals surface area contributed by atoms with Crippen LogP contribution < -0.4 is 5.32 Å². The van der Waals surface area contributed by atoms with Gasteiger partial charge in [-0.3, -0.25) is 0 Å². The molecule has 1 atom stereocenters. The van der Waals surface area contributed by atoms with Gasteiger partial charge < -0.3 is 14.8 Å². The Kier molecular flexibility index (Phi) is 3.99. The Morgan fingerprint density at radius 1 is 1.38 bits per heavy atom. The van der Waals surface area contributed by atoms with Gasteiger partial charge in [-0.25, -0.2) is 4.79 Å². The van der Waals surface area contributed by atoms with E-state index in [0.717, 1.165) is 30.6 Å². The molecule has 2 N–H and O–H groups in total.